The van der Waals surface area contributed by atoms with Crippen molar-refractivity contribution in [3.05, 3.63) is 81.1 Å². The first-order valence-electron chi connectivity index (χ1n) is 9.26. The average Bonchev–Trinajstić information content (AvgIpc) is 2.75. The maximum atomic E-state index is 13.0. The molecule has 3 aromatic heterocycles. The van der Waals surface area contributed by atoms with Crippen molar-refractivity contribution in [2.24, 2.45) is 0 Å². The molecule has 7 heteroatoms. The SMILES string of the molecule is COCCn1ccc2nc3ccn(Cc4ccc(OC)cc4)c(=O)c3cc2c1=O. The highest BCUT2D eigenvalue weighted by atomic mass is 16.5. The molecule has 4 rings (SSSR count). The summed E-state index contributed by atoms with van der Waals surface area (Å²) in [5.74, 6) is 0.764. The molecule has 29 heavy (non-hydrogen) atoms. The quantitative estimate of drug-likeness (QED) is 0.472. The van der Waals surface area contributed by atoms with E-state index >= 15 is 0 Å². The summed E-state index contributed by atoms with van der Waals surface area (Å²) in [6.07, 6.45) is 3.43. The minimum atomic E-state index is -0.182. The fourth-order valence-electron chi connectivity index (χ4n) is 3.32. The largest absolute Gasteiger partial charge is 0.497 e. The summed E-state index contributed by atoms with van der Waals surface area (Å²) in [4.78, 5) is 30.3. The van der Waals surface area contributed by atoms with Gasteiger partial charge in [0.2, 0.25) is 0 Å². The van der Waals surface area contributed by atoms with Gasteiger partial charge in [-0.15, -0.1) is 0 Å². The van der Waals surface area contributed by atoms with Crippen molar-refractivity contribution in [1.82, 2.24) is 14.1 Å². The van der Waals surface area contributed by atoms with Crippen LogP contribution in [0.4, 0.5) is 0 Å². The zero-order valence-electron chi connectivity index (χ0n) is 16.3. The number of rotatable bonds is 6. The summed E-state index contributed by atoms with van der Waals surface area (Å²) >= 11 is 0. The van der Waals surface area contributed by atoms with Gasteiger partial charge in [-0.05, 0) is 35.9 Å². The van der Waals surface area contributed by atoms with E-state index in [1.165, 1.54) is 0 Å². The normalized spacial score (nSPS) is 11.2. The van der Waals surface area contributed by atoms with Gasteiger partial charge in [-0.25, -0.2) is 4.98 Å². The third-order valence-electron chi connectivity index (χ3n) is 4.94. The highest BCUT2D eigenvalue weighted by Crippen LogP contribution is 2.16. The van der Waals surface area contributed by atoms with Crippen molar-refractivity contribution < 1.29 is 9.47 Å². The van der Waals surface area contributed by atoms with Crippen LogP contribution in [0.1, 0.15) is 5.56 Å². The number of aromatic nitrogens is 3. The van der Waals surface area contributed by atoms with Gasteiger partial charge in [0.25, 0.3) is 11.1 Å². The lowest BCUT2D eigenvalue weighted by Gasteiger charge is -2.10. The second-order valence-corrected chi connectivity index (χ2v) is 6.76. The van der Waals surface area contributed by atoms with Crippen LogP contribution in [0.2, 0.25) is 0 Å². The van der Waals surface area contributed by atoms with Gasteiger partial charge in [0.05, 0.1) is 42.1 Å². The van der Waals surface area contributed by atoms with Gasteiger partial charge >= 0.3 is 0 Å². The summed E-state index contributed by atoms with van der Waals surface area (Å²) in [7, 11) is 3.20. The number of pyridine rings is 3. The molecule has 1 aromatic carbocycles. The van der Waals surface area contributed by atoms with Crippen molar-refractivity contribution in [1.29, 1.82) is 0 Å². The number of hydrogen-bond donors (Lipinski definition) is 0. The minimum Gasteiger partial charge on any atom is -0.497 e. The van der Waals surface area contributed by atoms with Crippen molar-refractivity contribution in [2.75, 3.05) is 20.8 Å². The van der Waals surface area contributed by atoms with Crippen molar-refractivity contribution in [3.8, 4) is 5.75 Å². The fourth-order valence-corrected chi connectivity index (χ4v) is 3.32. The summed E-state index contributed by atoms with van der Waals surface area (Å²) < 4.78 is 13.4. The third kappa shape index (κ3) is 3.64. The van der Waals surface area contributed by atoms with Crippen LogP contribution in [-0.2, 0) is 17.8 Å². The van der Waals surface area contributed by atoms with E-state index in [0.29, 0.717) is 41.5 Å². The van der Waals surface area contributed by atoms with E-state index in [4.69, 9.17) is 9.47 Å². The summed E-state index contributed by atoms with van der Waals surface area (Å²) in [6.45, 7) is 1.30. The fraction of sp³-hybridized carbons (Fsp3) is 0.227. The zero-order valence-corrected chi connectivity index (χ0v) is 16.3. The molecule has 0 N–H and O–H groups in total. The molecule has 0 aliphatic heterocycles. The van der Waals surface area contributed by atoms with Crippen molar-refractivity contribution in [3.63, 3.8) is 0 Å². The average molecular weight is 391 g/mol. The van der Waals surface area contributed by atoms with Crippen LogP contribution in [0.25, 0.3) is 21.8 Å². The molecule has 0 unspecified atom stereocenters. The smallest absolute Gasteiger partial charge is 0.260 e. The van der Waals surface area contributed by atoms with Gasteiger partial charge in [0, 0.05) is 26.0 Å². The number of benzene rings is 1. The Labute approximate surface area is 166 Å². The molecule has 0 saturated carbocycles. The summed E-state index contributed by atoms with van der Waals surface area (Å²) in [6, 6.07) is 12.8. The lowest BCUT2D eigenvalue weighted by atomic mass is 10.1. The maximum Gasteiger partial charge on any atom is 0.260 e. The molecular formula is C22H21N3O4. The van der Waals surface area contributed by atoms with Gasteiger partial charge in [0.1, 0.15) is 5.75 Å². The molecule has 0 spiro atoms. The Kier molecular flexibility index (Phi) is 5.14. The highest BCUT2D eigenvalue weighted by molar-refractivity contribution is 5.91. The van der Waals surface area contributed by atoms with Gasteiger partial charge in [0.15, 0.2) is 0 Å². The Morgan fingerprint density at radius 1 is 0.862 bits per heavy atom. The maximum absolute atomic E-state index is 13.0. The van der Waals surface area contributed by atoms with Crippen molar-refractivity contribution >= 4 is 21.8 Å². The number of fused-ring (bicyclic) bond motifs is 2. The van der Waals surface area contributed by atoms with Crippen molar-refractivity contribution in [2.45, 2.75) is 13.1 Å². The molecule has 7 nitrogen and oxygen atoms in total. The molecule has 0 amide bonds. The van der Waals surface area contributed by atoms with Gasteiger partial charge in [-0.1, -0.05) is 12.1 Å². The Balaban J connectivity index is 1.79. The number of hydrogen-bond acceptors (Lipinski definition) is 5. The van der Waals surface area contributed by atoms with Crippen LogP contribution in [0, 0.1) is 0 Å². The first kappa shape index (κ1) is 18.9. The molecule has 0 aliphatic carbocycles. The lowest BCUT2D eigenvalue weighted by molar-refractivity contribution is 0.186. The third-order valence-corrected chi connectivity index (χ3v) is 4.94. The number of nitrogens with zero attached hydrogens (tertiary/aromatic N) is 3. The topological polar surface area (TPSA) is 75.3 Å². The van der Waals surface area contributed by atoms with E-state index in [1.54, 1.807) is 53.9 Å². The predicted molar refractivity (Wildman–Crippen MR) is 112 cm³/mol. The van der Waals surface area contributed by atoms with E-state index in [0.717, 1.165) is 11.3 Å². The Bertz CT molecular complexity index is 1290. The molecule has 0 saturated heterocycles. The molecule has 0 bridgehead atoms. The van der Waals surface area contributed by atoms with Gasteiger partial charge in [-0.2, -0.15) is 0 Å². The van der Waals surface area contributed by atoms with Gasteiger partial charge < -0.3 is 18.6 Å². The Morgan fingerprint density at radius 3 is 2.10 bits per heavy atom. The molecule has 148 valence electrons. The second kappa shape index (κ2) is 7.89. The second-order valence-electron chi connectivity index (χ2n) is 6.76. The molecule has 0 aliphatic rings. The number of methoxy groups -OCH3 is 2. The minimum absolute atomic E-state index is 0.181. The van der Waals surface area contributed by atoms with Crippen LogP contribution in [0.15, 0.2) is 64.4 Å². The molecular weight excluding hydrogens is 370 g/mol. The molecule has 0 radical (unpaired) electrons. The molecule has 4 aromatic rings. The highest BCUT2D eigenvalue weighted by Gasteiger charge is 2.10. The van der Waals surface area contributed by atoms with E-state index in [2.05, 4.69) is 4.98 Å². The first-order valence-corrected chi connectivity index (χ1v) is 9.26. The van der Waals surface area contributed by atoms with Crippen LogP contribution in [-0.4, -0.2) is 34.9 Å². The standard InChI is InChI=1S/C22H21N3O4/c1-28-12-11-24-9-7-19-17(21(24)26)13-18-20(23-19)8-10-25(22(18)27)14-15-3-5-16(29-2)6-4-15/h3-10,13H,11-12,14H2,1-2H3. The van der Waals surface area contributed by atoms with E-state index in [-0.39, 0.29) is 11.1 Å². The molecule has 0 atom stereocenters. The van der Waals surface area contributed by atoms with Crippen LogP contribution in [0.3, 0.4) is 0 Å². The van der Waals surface area contributed by atoms with E-state index < -0.39 is 0 Å². The lowest BCUT2D eigenvalue weighted by Crippen LogP contribution is -2.23. The van der Waals surface area contributed by atoms with Crippen LogP contribution in [0.5, 0.6) is 5.75 Å². The monoisotopic (exact) mass is 391 g/mol. The van der Waals surface area contributed by atoms with Crippen LogP contribution >= 0.6 is 0 Å². The predicted octanol–water partition coefficient (Wildman–Crippen LogP) is 2.41. The van der Waals surface area contributed by atoms with Crippen LogP contribution < -0.4 is 15.9 Å². The number of ether oxygens (including phenoxy) is 2. The molecule has 3 heterocycles. The summed E-state index contributed by atoms with van der Waals surface area (Å²) in [5.41, 5.74) is 1.76. The van der Waals surface area contributed by atoms with Gasteiger partial charge in [-0.3, -0.25) is 9.59 Å². The molecule has 0 fully saturated rings. The summed E-state index contributed by atoms with van der Waals surface area (Å²) in [5, 5.41) is 0.852. The van der Waals surface area contributed by atoms with E-state index in [9.17, 15) is 9.59 Å². The Hall–Kier alpha value is -3.45. The Morgan fingerprint density at radius 2 is 1.48 bits per heavy atom. The first-order chi connectivity index (χ1) is 14.1. The van der Waals surface area contributed by atoms with E-state index in [1.807, 2.05) is 24.3 Å². The zero-order chi connectivity index (χ0) is 20.4.